The summed E-state index contributed by atoms with van der Waals surface area (Å²) in [6.07, 6.45) is 3.76. The first-order valence-corrected chi connectivity index (χ1v) is 7.67. The minimum atomic E-state index is -0.679. The molecule has 0 unspecified atom stereocenters. The Morgan fingerprint density at radius 1 is 1.35 bits per heavy atom. The van der Waals surface area contributed by atoms with Gasteiger partial charge in [-0.25, -0.2) is 4.98 Å². The number of aliphatic hydroxyl groups excluding tert-OH is 1. The van der Waals surface area contributed by atoms with E-state index in [1.54, 1.807) is 30.9 Å². The van der Waals surface area contributed by atoms with E-state index < -0.39 is 12.4 Å². The molecule has 0 aliphatic carbocycles. The van der Waals surface area contributed by atoms with Crippen LogP contribution in [-0.2, 0) is 16.0 Å². The molecule has 23 heavy (non-hydrogen) atoms. The lowest BCUT2D eigenvalue weighted by Crippen LogP contribution is -2.57. The highest BCUT2D eigenvalue weighted by molar-refractivity contribution is 5.31. The lowest BCUT2D eigenvalue weighted by Gasteiger charge is -2.39. The van der Waals surface area contributed by atoms with Crippen LogP contribution >= 0.6 is 0 Å². The van der Waals surface area contributed by atoms with Gasteiger partial charge in [0.05, 0.1) is 25.1 Å². The van der Waals surface area contributed by atoms with Gasteiger partial charge in [-0.15, -0.1) is 0 Å². The summed E-state index contributed by atoms with van der Waals surface area (Å²) in [6, 6.07) is 6.50. The van der Waals surface area contributed by atoms with E-state index in [-0.39, 0.29) is 23.9 Å². The maximum Gasteiger partial charge on any atom is 0.181 e. The normalized spacial score (nSPS) is 33.0. The van der Waals surface area contributed by atoms with Crippen molar-refractivity contribution in [3.05, 3.63) is 48.5 Å². The van der Waals surface area contributed by atoms with E-state index in [0.29, 0.717) is 13.2 Å². The van der Waals surface area contributed by atoms with Gasteiger partial charge in [-0.2, -0.15) is 0 Å². The number of benzene rings is 1. The monoisotopic (exact) mass is 317 g/mol. The average Bonchev–Trinajstić information content (AvgIpc) is 3.21. The van der Waals surface area contributed by atoms with Crippen LogP contribution in [0.15, 0.2) is 43.0 Å². The molecule has 1 aromatic carbocycles. The van der Waals surface area contributed by atoms with E-state index in [1.807, 2.05) is 16.7 Å². The standard InChI is InChI=1S/C16H19N3O4/c20-11-4-2-1-3-10(11)7-18-13-12-8-22-16(23-12)14(15(13)21)19-6-5-17-9-19/h1-6,9,12-16,18,20-21H,7-8H2/t12-,13-,14-,15+,16-/m1/s1. The van der Waals surface area contributed by atoms with E-state index in [0.717, 1.165) is 5.56 Å². The summed E-state index contributed by atoms with van der Waals surface area (Å²) in [6.45, 7) is 0.876. The van der Waals surface area contributed by atoms with Crippen molar-refractivity contribution < 1.29 is 19.7 Å². The molecule has 0 radical (unpaired) electrons. The first kappa shape index (κ1) is 14.6. The van der Waals surface area contributed by atoms with Gasteiger partial charge in [0.1, 0.15) is 17.9 Å². The largest absolute Gasteiger partial charge is 0.508 e. The number of fused-ring (bicyclic) bond motifs is 2. The second kappa shape index (κ2) is 5.93. The van der Waals surface area contributed by atoms with Crippen molar-refractivity contribution in [3.63, 3.8) is 0 Å². The maximum atomic E-state index is 10.8. The Kier molecular flexibility index (Phi) is 3.78. The molecule has 0 saturated carbocycles. The number of hydrogen-bond donors (Lipinski definition) is 3. The number of aliphatic hydroxyl groups is 1. The number of nitrogens with one attached hydrogen (secondary N) is 1. The molecule has 2 aliphatic rings. The molecular weight excluding hydrogens is 298 g/mol. The number of rotatable bonds is 4. The Balaban J connectivity index is 1.52. The molecule has 2 fully saturated rings. The highest BCUT2D eigenvalue weighted by atomic mass is 16.7. The predicted molar refractivity (Wildman–Crippen MR) is 80.6 cm³/mol. The molecule has 5 atom stereocenters. The smallest absolute Gasteiger partial charge is 0.181 e. The Morgan fingerprint density at radius 3 is 3.00 bits per heavy atom. The minimum Gasteiger partial charge on any atom is -0.508 e. The summed E-state index contributed by atoms with van der Waals surface area (Å²) >= 11 is 0. The molecule has 1 aromatic heterocycles. The van der Waals surface area contributed by atoms with E-state index in [9.17, 15) is 10.2 Å². The first-order chi connectivity index (χ1) is 11.2. The molecule has 4 rings (SSSR count). The second-order valence-corrected chi connectivity index (χ2v) is 5.90. The molecule has 2 bridgehead atoms. The zero-order valence-electron chi connectivity index (χ0n) is 12.4. The molecule has 7 nitrogen and oxygen atoms in total. The molecule has 2 saturated heterocycles. The van der Waals surface area contributed by atoms with Gasteiger partial charge in [0.15, 0.2) is 6.29 Å². The summed E-state index contributed by atoms with van der Waals surface area (Å²) in [5.74, 6) is 0.234. The van der Waals surface area contributed by atoms with Crippen LogP contribution in [0.4, 0.5) is 0 Å². The minimum absolute atomic E-state index is 0.208. The number of imidazole rings is 1. The molecular formula is C16H19N3O4. The fourth-order valence-corrected chi connectivity index (χ4v) is 3.30. The van der Waals surface area contributed by atoms with Crippen LogP contribution in [0.2, 0.25) is 0 Å². The molecule has 2 aromatic rings. The quantitative estimate of drug-likeness (QED) is 0.757. The fourth-order valence-electron chi connectivity index (χ4n) is 3.30. The van der Waals surface area contributed by atoms with Crippen LogP contribution in [0.1, 0.15) is 11.6 Å². The van der Waals surface area contributed by atoms with Crippen LogP contribution in [-0.4, -0.2) is 50.9 Å². The van der Waals surface area contributed by atoms with Crippen LogP contribution < -0.4 is 5.32 Å². The van der Waals surface area contributed by atoms with E-state index in [4.69, 9.17) is 9.47 Å². The SMILES string of the molecule is Oc1ccccc1CN[C@H]1[C@H](O)[C@@H](n2ccnc2)[C@@H]2OC[C@H]1O2. The number of para-hydroxylation sites is 1. The summed E-state index contributed by atoms with van der Waals surface area (Å²) in [4.78, 5) is 4.03. The van der Waals surface area contributed by atoms with Crippen LogP contribution in [0.5, 0.6) is 5.75 Å². The van der Waals surface area contributed by atoms with Gasteiger partial charge in [-0.3, -0.25) is 0 Å². The van der Waals surface area contributed by atoms with Gasteiger partial charge >= 0.3 is 0 Å². The van der Waals surface area contributed by atoms with E-state index in [1.165, 1.54) is 0 Å². The van der Waals surface area contributed by atoms with Gasteiger partial charge in [-0.1, -0.05) is 18.2 Å². The van der Waals surface area contributed by atoms with Crippen molar-refractivity contribution in [2.45, 2.75) is 37.1 Å². The molecule has 3 N–H and O–H groups in total. The van der Waals surface area contributed by atoms with Crippen LogP contribution in [0.3, 0.4) is 0 Å². The van der Waals surface area contributed by atoms with Crippen molar-refractivity contribution in [1.82, 2.24) is 14.9 Å². The van der Waals surface area contributed by atoms with Crippen LogP contribution in [0, 0.1) is 0 Å². The second-order valence-electron chi connectivity index (χ2n) is 5.90. The highest BCUT2D eigenvalue weighted by Gasteiger charge is 2.50. The molecule has 7 heteroatoms. The van der Waals surface area contributed by atoms with Crippen molar-refractivity contribution in [1.29, 1.82) is 0 Å². The van der Waals surface area contributed by atoms with Crippen molar-refractivity contribution in [3.8, 4) is 5.75 Å². The molecule has 0 spiro atoms. The molecule has 122 valence electrons. The maximum absolute atomic E-state index is 10.8. The van der Waals surface area contributed by atoms with Gasteiger partial charge in [-0.05, 0) is 6.07 Å². The van der Waals surface area contributed by atoms with Crippen molar-refractivity contribution in [2.75, 3.05) is 6.61 Å². The number of aromatic nitrogens is 2. The third-order valence-electron chi connectivity index (χ3n) is 4.52. The molecule has 0 amide bonds. The van der Waals surface area contributed by atoms with E-state index in [2.05, 4.69) is 10.3 Å². The van der Waals surface area contributed by atoms with Crippen molar-refractivity contribution >= 4 is 0 Å². The summed E-state index contributed by atoms with van der Waals surface area (Å²) < 4.78 is 13.4. The van der Waals surface area contributed by atoms with Gasteiger partial charge < -0.3 is 29.6 Å². The Bertz CT molecular complexity index is 663. The third-order valence-corrected chi connectivity index (χ3v) is 4.52. The molecule has 3 heterocycles. The van der Waals surface area contributed by atoms with Gasteiger partial charge in [0.2, 0.25) is 0 Å². The number of phenolic OH excluding ortho intramolecular Hbond substituents is 1. The lowest BCUT2D eigenvalue weighted by atomic mass is 9.95. The third kappa shape index (κ3) is 2.61. The van der Waals surface area contributed by atoms with Gasteiger partial charge in [0.25, 0.3) is 0 Å². The topological polar surface area (TPSA) is 88.8 Å². The Morgan fingerprint density at radius 2 is 2.22 bits per heavy atom. The Labute approximate surface area is 133 Å². The number of nitrogens with zero attached hydrogens (tertiary/aromatic N) is 2. The van der Waals surface area contributed by atoms with Crippen LogP contribution in [0.25, 0.3) is 0 Å². The summed E-state index contributed by atoms with van der Waals surface area (Å²) in [7, 11) is 0. The number of aromatic hydroxyl groups is 1. The zero-order valence-corrected chi connectivity index (χ0v) is 12.4. The number of phenols is 1. The van der Waals surface area contributed by atoms with Gasteiger partial charge in [0, 0.05) is 24.5 Å². The average molecular weight is 317 g/mol. The first-order valence-electron chi connectivity index (χ1n) is 7.67. The highest BCUT2D eigenvalue weighted by Crippen LogP contribution is 2.35. The van der Waals surface area contributed by atoms with Crippen molar-refractivity contribution in [2.24, 2.45) is 0 Å². The summed E-state index contributed by atoms with van der Waals surface area (Å²) in [5.41, 5.74) is 0.778. The lowest BCUT2D eigenvalue weighted by molar-refractivity contribution is -0.165. The van der Waals surface area contributed by atoms with E-state index >= 15 is 0 Å². The molecule has 2 aliphatic heterocycles. The number of hydrogen-bond acceptors (Lipinski definition) is 6. The predicted octanol–water partition coefficient (Wildman–Crippen LogP) is 0.404. The fraction of sp³-hybridized carbons (Fsp3) is 0.438. The Hall–Kier alpha value is -1.93. The summed E-state index contributed by atoms with van der Waals surface area (Å²) in [5, 5.41) is 24.0. The number of ether oxygens (including phenoxy) is 2. The zero-order chi connectivity index (χ0) is 15.8.